The number of rotatable bonds is 8. The molecule has 0 aliphatic carbocycles. The Morgan fingerprint density at radius 3 is 3.13 bits per heavy atom. The molecule has 0 aromatic heterocycles. The molecule has 1 aromatic carbocycles. The summed E-state index contributed by atoms with van der Waals surface area (Å²) in [6.07, 6.45) is 9.35. The van der Waals surface area contributed by atoms with Crippen molar-refractivity contribution in [2.45, 2.75) is 33.1 Å². The van der Waals surface area contributed by atoms with Gasteiger partial charge >= 0.3 is 0 Å². The molecule has 0 saturated carbocycles. The van der Waals surface area contributed by atoms with Crippen molar-refractivity contribution in [1.29, 1.82) is 0 Å². The monoisotopic (exact) mass is 416 g/mol. The van der Waals surface area contributed by atoms with Crippen molar-refractivity contribution in [2.75, 3.05) is 12.3 Å². The van der Waals surface area contributed by atoms with Gasteiger partial charge in [0, 0.05) is 35.3 Å². The van der Waals surface area contributed by atoms with E-state index in [-0.39, 0.29) is 0 Å². The molecule has 1 atom stereocenters. The van der Waals surface area contributed by atoms with E-state index in [1.807, 2.05) is 6.20 Å². The summed E-state index contributed by atoms with van der Waals surface area (Å²) < 4.78 is 0. The van der Waals surface area contributed by atoms with Gasteiger partial charge in [-0.2, -0.15) is 0 Å². The zero-order valence-corrected chi connectivity index (χ0v) is 18.5. The highest BCUT2D eigenvalue weighted by molar-refractivity contribution is 8.02. The van der Waals surface area contributed by atoms with Crippen LogP contribution in [0, 0.1) is 5.92 Å². The van der Waals surface area contributed by atoms with Crippen molar-refractivity contribution in [3.8, 4) is 0 Å². The minimum Gasteiger partial charge on any atom is -0.350 e. The summed E-state index contributed by atoms with van der Waals surface area (Å²) in [7, 11) is 0. The van der Waals surface area contributed by atoms with Gasteiger partial charge in [0.05, 0.1) is 12.2 Å². The lowest BCUT2D eigenvalue weighted by Gasteiger charge is -2.14. The van der Waals surface area contributed by atoms with Gasteiger partial charge in [0.2, 0.25) is 0 Å². The van der Waals surface area contributed by atoms with Crippen molar-refractivity contribution >= 4 is 41.3 Å². The van der Waals surface area contributed by atoms with Crippen LogP contribution in [0.1, 0.15) is 44.2 Å². The van der Waals surface area contributed by atoms with Crippen molar-refractivity contribution < 1.29 is 0 Å². The number of amidine groups is 1. The van der Waals surface area contributed by atoms with E-state index < -0.39 is 0 Å². The molecule has 0 spiro atoms. The molecule has 30 heavy (non-hydrogen) atoms. The molecule has 0 amide bonds. The van der Waals surface area contributed by atoms with E-state index in [4.69, 9.17) is 0 Å². The lowest BCUT2D eigenvalue weighted by Crippen LogP contribution is -2.21. The molecule has 3 aliphatic rings. The molecule has 0 bridgehead atoms. The van der Waals surface area contributed by atoms with Crippen molar-refractivity contribution in [3.63, 3.8) is 0 Å². The third-order valence-corrected chi connectivity index (χ3v) is 6.66. The van der Waals surface area contributed by atoms with E-state index in [1.54, 1.807) is 11.8 Å². The predicted molar refractivity (Wildman–Crippen MR) is 132 cm³/mol. The highest BCUT2D eigenvalue weighted by atomic mass is 32.2. The Morgan fingerprint density at radius 1 is 1.40 bits per heavy atom. The molecule has 0 fully saturated rings. The van der Waals surface area contributed by atoms with Crippen LogP contribution >= 0.6 is 11.8 Å². The number of nitrogens with one attached hydrogen (secondary N) is 1. The molecule has 3 aliphatic heterocycles. The van der Waals surface area contributed by atoms with Crippen LogP contribution < -0.4 is 5.32 Å². The number of thioether (sulfide) groups is 1. The number of allylic oxidation sites excluding steroid dienone is 2. The first-order valence-corrected chi connectivity index (χ1v) is 11.6. The lowest BCUT2D eigenvalue weighted by molar-refractivity contribution is 0.818. The molecule has 0 saturated heterocycles. The number of hydrogen-bond donors (Lipinski definition) is 1. The summed E-state index contributed by atoms with van der Waals surface area (Å²) in [6, 6.07) is 8.63. The number of nitrogens with zero attached hydrogens (tertiary/aromatic N) is 3. The Balaban J connectivity index is 1.49. The fourth-order valence-electron chi connectivity index (χ4n) is 4.14. The first-order chi connectivity index (χ1) is 14.7. The molecule has 3 heterocycles. The normalized spacial score (nSPS) is 20.5. The van der Waals surface area contributed by atoms with Gasteiger partial charge < -0.3 is 5.32 Å². The van der Waals surface area contributed by atoms with Crippen LogP contribution in [0.3, 0.4) is 0 Å². The van der Waals surface area contributed by atoms with Gasteiger partial charge in [-0.1, -0.05) is 37.6 Å². The topological polar surface area (TPSA) is 49.1 Å². The summed E-state index contributed by atoms with van der Waals surface area (Å²) in [5.74, 6) is 2.38. The molecule has 4 nitrogen and oxygen atoms in total. The fraction of sp³-hybridized carbons (Fsp3) is 0.320. The second-order valence-corrected chi connectivity index (χ2v) is 8.57. The molecule has 154 valence electrons. The minimum atomic E-state index is 0.397. The SMILES string of the molecule is C=N/C(=C\SCC1=CNC2=NC=CCC12)c1cccc(C2=C(CCC)C(C)=NC2)c1. The standard InChI is InChI=1S/C25H28N4S/c1-4-7-21-17(2)28-14-23(21)18-8-5-9-19(12-18)24(26-3)16-30-15-20-13-29-25-22(20)10-6-11-27-25/h5-6,8-9,11-13,16,22H,3-4,7,10,14-15H2,1-2H3,(H,27,29)/b24-16-. The Hall–Kier alpha value is -2.66. The number of benzene rings is 1. The van der Waals surface area contributed by atoms with E-state index >= 15 is 0 Å². The second kappa shape index (κ2) is 9.43. The summed E-state index contributed by atoms with van der Waals surface area (Å²) in [5, 5.41) is 5.42. The zero-order chi connectivity index (χ0) is 20.9. The maximum absolute atomic E-state index is 4.68. The lowest BCUT2D eigenvalue weighted by atomic mass is 9.95. The Morgan fingerprint density at radius 2 is 2.30 bits per heavy atom. The Bertz CT molecular complexity index is 1020. The average Bonchev–Trinajstić information content (AvgIpc) is 3.35. The molecule has 1 unspecified atom stereocenters. The van der Waals surface area contributed by atoms with E-state index in [2.05, 4.69) is 82.8 Å². The quantitative estimate of drug-likeness (QED) is 0.539. The van der Waals surface area contributed by atoms with Crippen molar-refractivity contribution in [3.05, 3.63) is 70.4 Å². The third kappa shape index (κ3) is 4.26. The maximum atomic E-state index is 4.68. The number of aliphatic imine (C=N–C) groups is 3. The van der Waals surface area contributed by atoms with Gasteiger partial charge in [0.25, 0.3) is 0 Å². The molecule has 1 N–H and O–H groups in total. The van der Waals surface area contributed by atoms with Crippen LogP contribution in [0.15, 0.2) is 74.3 Å². The van der Waals surface area contributed by atoms with Crippen LogP contribution in [0.5, 0.6) is 0 Å². The highest BCUT2D eigenvalue weighted by Gasteiger charge is 2.25. The van der Waals surface area contributed by atoms with E-state index in [1.165, 1.54) is 28.0 Å². The fourth-order valence-corrected chi connectivity index (χ4v) is 5.07. The smallest absolute Gasteiger partial charge is 0.113 e. The van der Waals surface area contributed by atoms with Gasteiger partial charge in [0.1, 0.15) is 5.84 Å². The number of fused-ring (bicyclic) bond motifs is 1. The predicted octanol–water partition coefficient (Wildman–Crippen LogP) is 5.87. The minimum absolute atomic E-state index is 0.397. The van der Waals surface area contributed by atoms with Gasteiger partial charge in [0.15, 0.2) is 0 Å². The van der Waals surface area contributed by atoms with Crippen LogP contribution in [-0.4, -0.2) is 30.6 Å². The van der Waals surface area contributed by atoms with Crippen molar-refractivity contribution in [1.82, 2.24) is 5.32 Å². The van der Waals surface area contributed by atoms with E-state index in [9.17, 15) is 0 Å². The molecule has 0 radical (unpaired) electrons. The van der Waals surface area contributed by atoms with Gasteiger partial charge in [-0.25, -0.2) is 4.99 Å². The number of hydrogen-bond acceptors (Lipinski definition) is 5. The van der Waals surface area contributed by atoms with Gasteiger partial charge in [-0.15, -0.1) is 11.8 Å². The maximum Gasteiger partial charge on any atom is 0.113 e. The summed E-state index contributed by atoms with van der Waals surface area (Å²) in [5.41, 5.74) is 8.58. The van der Waals surface area contributed by atoms with Crippen molar-refractivity contribution in [2.24, 2.45) is 20.9 Å². The van der Waals surface area contributed by atoms with Gasteiger partial charge in [-0.3, -0.25) is 9.98 Å². The molecular weight excluding hydrogens is 388 g/mol. The molecule has 4 rings (SSSR count). The van der Waals surface area contributed by atoms with Gasteiger partial charge in [-0.05, 0) is 60.2 Å². The Kier molecular flexibility index (Phi) is 6.48. The zero-order valence-electron chi connectivity index (χ0n) is 17.7. The first kappa shape index (κ1) is 20.6. The summed E-state index contributed by atoms with van der Waals surface area (Å²) in [6.45, 7) is 8.94. The second-order valence-electron chi connectivity index (χ2n) is 7.71. The third-order valence-electron chi connectivity index (χ3n) is 5.77. The summed E-state index contributed by atoms with van der Waals surface area (Å²) >= 11 is 1.76. The highest BCUT2D eigenvalue weighted by Crippen LogP contribution is 2.32. The van der Waals surface area contributed by atoms with Crippen LogP contribution in [0.2, 0.25) is 0 Å². The first-order valence-electron chi connectivity index (χ1n) is 10.5. The Labute approximate surface area is 183 Å². The van der Waals surface area contributed by atoms with Crippen LogP contribution in [-0.2, 0) is 0 Å². The van der Waals surface area contributed by atoms with Crippen LogP contribution in [0.4, 0.5) is 0 Å². The van der Waals surface area contributed by atoms with E-state index in [0.29, 0.717) is 5.92 Å². The molecule has 5 heteroatoms. The largest absolute Gasteiger partial charge is 0.350 e. The molecular formula is C25H28N4S. The summed E-state index contributed by atoms with van der Waals surface area (Å²) in [4.78, 5) is 13.4. The molecule has 1 aromatic rings. The van der Waals surface area contributed by atoms with E-state index in [0.717, 1.165) is 48.7 Å². The average molecular weight is 417 g/mol. The van der Waals surface area contributed by atoms with Crippen LogP contribution in [0.25, 0.3) is 11.3 Å².